The van der Waals surface area contributed by atoms with E-state index in [9.17, 15) is 4.79 Å². The van der Waals surface area contributed by atoms with E-state index >= 15 is 0 Å². The molecule has 1 aliphatic carbocycles. The Labute approximate surface area is 116 Å². The highest BCUT2D eigenvalue weighted by molar-refractivity contribution is 6.33. The fourth-order valence-electron chi connectivity index (χ4n) is 2.23. The molecule has 2 rings (SSSR count). The number of carboxylic acids is 1. The number of halogens is 1. The van der Waals surface area contributed by atoms with Gasteiger partial charge in [0.15, 0.2) is 5.69 Å². The first kappa shape index (κ1) is 14.1. The van der Waals surface area contributed by atoms with E-state index in [1.54, 1.807) is 13.2 Å². The molecule has 5 nitrogen and oxygen atoms in total. The van der Waals surface area contributed by atoms with Gasteiger partial charge >= 0.3 is 5.97 Å². The van der Waals surface area contributed by atoms with Gasteiger partial charge in [0.25, 0.3) is 0 Å². The quantitative estimate of drug-likeness (QED) is 0.921. The van der Waals surface area contributed by atoms with Crippen molar-refractivity contribution in [2.24, 2.45) is 0 Å². The highest BCUT2D eigenvalue weighted by Crippen LogP contribution is 2.25. The van der Waals surface area contributed by atoms with Crippen LogP contribution >= 0.6 is 11.6 Å². The average Bonchev–Trinajstić information content (AvgIpc) is 2.41. The minimum atomic E-state index is -1.16. The number of hydrogen-bond donors (Lipinski definition) is 1. The molecular weight excluding hydrogens is 270 g/mol. The van der Waals surface area contributed by atoms with Crippen molar-refractivity contribution in [1.82, 2.24) is 4.98 Å². The van der Waals surface area contributed by atoms with Gasteiger partial charge in [0.05, 0.1) is 11.1 Å². The summed E-state index contributed by atoms with van der Waals surface area (Å²) in [5.41, 5.74) is -0.182. The Balaban J connectivity index is 2.06. The van der Waals surface area contributed by atoms with Gasteiger partial charge in [-0.1, -0.05) is 11.6 Å². The van der Waals surface area contributed by atoms with Crippen molar-refractivity contribution in [3.05, 3.63) is 22.8 Å². The first-order valence-corrected chi connectivity index (χ1v) is 6.57. The van der Waals surface area contributed by atoms with Crippen LogP contribution in [0.1, 0.15) is 36.2 Å². The molecule has 1 aromatic heterocycles. The summed E-state index contributed by atoms with van der Waals surface area (Å²) < 4.78 is 11.0. The van der Waals surface area contributed by atoms with Crippen molar-refractivity contribution in [1.29, 1.82) is 0 Å². The zero-order valence-electron chi connectivity index (χ0n) is 10.6. The van der Waals surface area contributed by atoms with Crippen LogP contribution in [0.5, 0.6) is 5.88 Å². The van der Waals surface area contributed by atoms with Crippen LogP contribution in [0.25, 0.3) is 0 Å². The topological polar surface area (TPSA) is 68.7 Å². The monoisotopic (exact) mass is 285 g/mol. The number of pyridine rings is 1. The number of methoxy groups -OCH3 is 1. The average molecular weight is 286 g/mol. The number of aromatic carboxylic acids is 1. The summed E-state index contributed by atoms with van der Waals surface area (Å²) in [5, 5.41) is 9.06. The molecule has 104 valence electrons. The Kier molecular flexibility index (Phi) is 4.61. The van der Waals surface area contributed by atoms with Crippen molar-refractivity contribution in [2.45, 2.75) is 37.9 Å². The number of aromatic nitrogens is 1. The van der Waals surface area contributed by atoms with Gasteiger partial charge in [-0.05, 0) is 25.3 Å². The van der Waals surface area contributed by atoms with E-state index in [1.165, 1.54) is 6.07 Å². The number of nitrogens with zero attached hydrogens (tertiary/aromatic N) is 1. The smallest absolute Gasteiger partial charge is 0.356 e. The second kappa shape index (κ2) is 6.21. The number of rotatable bonds is 4. The zero-order chi connectivity index (χ0) is 13.8. The van der Waals surface area contributed by atoms with Crippen LogP contribution in [0.3, 0.4) is 0 Å². The summed E-state index contributed by atoms with van der Waals surface area (Å²) in [7, 11) is 1.69. The van der Waals surface area contributed by atoms with Crippen molar-refractivity contribution < 1.29 is 19.4 Å². The van der Waals surface area contributed by atoms with Crippen LogP contribution < -0.4 is 4.74 Å². The van der Waals surface area contributed by atoms with E-state index in [-0.39, 0.29) is 22.9 Å². The minimum Gasteiger partial charge on any atom is -0.476 e. The van der Waals surface area contributed by atoms with Crippen LogP contribution in [0.4, 0.5) is 0 Å². The highest BCUT2D eigenvalue weighted by atomic mass is 35.5. The zero-order valence-corrected chi connectivity index (χ0v) is 11.4. The predicted molar refractivity (Wildman–Crippen MR) is 69.9 cm³/mol. The summed E-state index contributed by atoms with van der Waals surface area (Å²) in [6.45, 7) is 0. The second-order valence-corrected chi connectivity index (χ2v) is 4.96. The molecule has 0 aromatic carbocycles. The van der Waals surface area contributed by atoms with Crippen LogP contribution in [-0.2, 0) is 4.74 Å². The highest BCUT2D eigenvalue weighted by Gasteiger charge is 2.24. The van der Waals surface area contributed by atoms with Gasteiger partial charge in [0, 0.05) is 19.6 Å². The molecule has 0 bridgehead atoms. The summed E-state index contributed by atoms with van der Waals surface area (Å²) >= 11 is 5.76. The van der Waals surface area contributed by atoms with Crippen molar-refractivity contribution in [3.63, 3.8) is 0 Å². The molecule has 2 unspecified atom stereocenters. The lowest BCUT2D eigenvalue weighted by Gasteiger charge is -2.28. The van der Waals surface area contributed by atoms with Gasteiger partial charge in [-0.25, -0.2) is 9.78 Å². The van der Waals surface area contributed by atoms with Crippen LogP contribution in [0.15, 0.2) is 12.1 Å². The largest absolute Gasteiger partial charge is 0.476 e. The molecular formula is C13H16ClNO4. The molecule has 1 aliphatic rings. The van der Waals surface area contributed by atoms with Crippen molar-refractivity contribution in [2.75, 3.05) is 7.11 Å². The van der Waals surface area contributed by atoms with Gasteiger partial charge in [0.2, 0.25) is 5.88 Å². The molecule has 1 fully saturated rings. The minimum absolute atomic E-state index is 0.00835. The van der Waals surface area contributed by atoms with Crippen LogP contribution in [0, 0.1) is 0 Å². The summed E-state index contributed by atoms with van der Waals surface area (Å²) in [6, 6.07) is 3.08. The summed E-state index contributed by atoms with van der Waals surface area (Å²) in [5.74, 6) is -0.864. The van der Waals surface area contributed by atoms with E-state index in [0.717, 1.165) is 25.7 Å². The standard InChI is InChI=1S/C13H16ClNO4/c1-18-8-3-2-4-9(7-8)19-11-6-5-10(14)12(15-11)13(16)17/h5-6,8-9H,2-4,7H2,1H3,(H,16,17). The van der Waals surface area contributed by atoms with Crippen LogP contribution in [-0.4, -0.2) is 35.4 Å². The summed E-state index contributed by atoms with van der Waals surface area (Å²) in [6.07, 6.45) is 3.99. The van der Waals surface area contributed by atoms with Crippen molar-refractivity contribution in [3.8, 4) is 5.88 Å². The third-order valence-corrected chi connectivity index (χ3v) is 3.53. The first-order chi connectivity index (χ1) is 9.10. The molecule has 0 aliphatic heterocycles. The van der Waals surface area contributed by atoms with Crippen LogP contribution in [0.2, 0.25) is 5.02 Å². The Bertz CT molecular complexity index is 466. The molecule has 1 aromatic rings. The third kappa shape index (κ3) is 3.58. The van der Waals surface area contributed by atoms with E-state index < -0.39 is 5.97 Å². The molecule has 2 atom stereocenters. The maximum absolute atomic E-state index is 10.9. The SMILES string of the molecule is COC1CCCC(Oc2ccc(Cl)c(C(=O)O)n2)C1. The Morgan fingerprint density at radius 1 is 1.42 bits per heavy atom. The molecule has 0 spiro atoms. The van der Waals surface area contributed by atoms with Crippen molar-refractivity contribution >= 4 is 17.6 Å². The van der Waals surface area contributed by atoms with E-state index in [1.807, 2.05) is 0 Å². The lowest BCUT2D eigenvalue weighted by Crippen LogP contribution is -2.29. The lowest BCUT2D eigenvalue weighted by molar-refractivity contribution is 0.0193. The summed E-state index contributed by atoms with van der Waals surface area (Å²) in [4.78, 5) is 14.9. The van der Waals surface area contributed by atoms with E-state index in [4.69, 9.17) is 26.2 Å². The third-order valence-electron chi connectivity index (χ3n) is 3.22. The van der Waals surface area contributed by atoms with E-state index in [0.29, 0.717) is 5.88 Å². The van der Waals surface area contributed by atoms with E-state index in [2.05, 4.69) is 4.98 Å². The molecule has 1 N–H and O–H groups in total. The molecule has 1 heterocycles. The Hall–Kier alpha value is -1.33. The molecule has 6 heteroatoms. The number of ether oxygens (including phenoxy) is 2. The van der Waals surface area contributed by atoms with Gasteiger partial charge in [0.1, 0.15) is 6.10 Å². The predicted octanol–water partition coefficient (Wildman–Crippen LogP) is 2.77. The van der Waals surface area contributed by atoms with Gasteiger partial charge in [-0.2, -0.15) is 0 Å². The van der Waals surface area contributed by atoms with Gasteiger partial charge < -0.3 is 14.6 Å². The normalized spacial score (nSPS) is 23.1. The lowest BCUT2D eigenvalue weighted by atomic mass is 9.95. The first-order valence-electron chi connectivity index (χ1n) is 6.19. The second-order valence-electron chi connectivity index (χ2n) is 4.55. The number of carboxylic acid groups (broad SMARTS) is 1. The maximum atomic E-state index is 10.9. The van der Waals surface area contributed by atoms with Gasteiger partial charge in [-0.15, -0.1) is 0 Å². The number of carbonyl (C=O) groups is 1. The fourth-order valence-corrected chi connectivity index (χ4v) is 2.42. The Morgan fingerprint density at radius 3 is 2.84 bits per heavy atom. The molecule has 0 saturated heterocycles. The fraction of sp³-hybridized carbons (Fsp3) is 0.538. The maximum Gasteiger partial charge on any atom is 0.356 e. The molecule has 19 heavy (non-hydrogen) atoms. The van der Waals surface area contributed by atoms with Gasteiger partial charge in [-0.3, -0.25) is 0 Å². The molecule has 0 radical (unpaired) electrons. The number of hydrogen-bond acceptors (Lipinski definition) is 4. The molecule has 1 saturated carbocycles. The molecule has 0 amide bonds. The Morgan fingerprint density at radius 2 is 2.16 bits per heavy atom.